The van der Waals surface area contributed by atoms with Gasteiger partial charge in [0.05, 0.1) is 11.9 Å². The van der Waals surface area contributed by atoms with Gasteiger partial charge in [0.1, 0.15) is 18.9 Å². The molecule has 0 saturated carbocycles. The summed E-state index contributed by atoms with van der Waals surface area (Å²) in [5.41, 5.74) is 1.04. The van der Waals surface area contributed by atoms with Crippen molar-refractivity contribution in [3.05, 3.63) is 48.0 Å². The third kappa shape index (κ3) is 3.33. The number of hydrogen-bond acceptors (Lipinski definition) is 2. The van der Waals surface area contributed by atoms with Crippen LogP contribution in [0, 0.1) is 6.92 Å². The van der Waals surface area contributed by atoms with Gasteiger partial charge in [-0.1, -0.05) is 17.7 Å². The Morgan fingerprint density at radius 1 is 1.24 bits per heavy atom. The van der Waals surface area contributed by atoms with Crippen LogP contribution in [-0.2, 0) is 23.6 Å². The molecule has 0 unspecified atom stereocenters. The van der Waals surface area contributed by atoms with Gasteiger partial charge in [0, 0.05) is 6.04 Å². The first-order valence-corrected chi connectivity index (χ1v) is 8.37. The Hall–Kier alpha value is -1.66. The average Bonchev–Trinajstić information content (AvgIpc) is 2.81. The Kier molecular flexibility index (Phi) is 4.49. The van der Waals surface area contributed by atoms with Gasteiger partial charge in [-0.25, -0.2) is 18.0 Å². The van der Waals surface area contributed by atoms with Crippen LogP contribution >= 0.6 is 0 Å². The summed E-state index contributed by atoms with van der Waals surface area (Å²) in [5.74, 6) is 0.847. The molecular formula is C15H22N3O2S+. The normalized spacial score (nSPS) is 12.3. The summed E-state index contributed by atoms with van der Waals surface area (Å²) < 4.78 is 29.0. The van der Waals surface area contributed by atoms with Gasteiger partial charge in [0.15, 0.2) is 0 Å². The molecule has 2 rings (SSSR count). The zero-order valence-electron chi connectivity index (χ0n) is 12.9. The Morgan fingerprint density at radius 2 is 1.86 bits per heavy atom. The molecule has 5 nitrogen and oxygen atoms in total. The maximum atomic E-state index is 12.8. The fourth-order valence-corrected chi connectivity index (χ4v) is 3.73. The second kappa shape index (κ2) is 5.99. The summed E-state index contributed by atoms with van der Waals surface area (Å²) in [7, 11) is -1.62. The van der Waals surface area contributed by atoms with E-state index in [4.69, 9.17) is 0 Å². The molecule has 0 fully saturated rings. The van der Waals surface area contributed by atoms with Crippen molar-refractivity contribution in [2.45, 2.75) is 38.3 Å². The fraction of sp³-hybridized carbons (Fsp3) is 0.400. The first-order chi connectivity index (χ1) is 9.82. The van der Waals surface area contributed by atoms with Gasteiger partial charge >= 0.3 is 0 Å². The fourth-order valence-electron chi connectivity index (χ4n) is 2.13. The number of aryl methyl sites for hydroxylation is 2. The van der Waals surface area contributed by atoms with Crippen molar-refractivity contribution in [3.8, 4) is 0 Å². The van der Waals surface area contributed by atoms with Crippen LogP contribution in [0.5, 0.6) is 0 Å². The largest absolute Gasteiger partial charge is 0.269 e. The van der Waals surface area contributed by atoms with E-state index in [1.54, 1.807) is 18.3 Å². The molecule has 1 N–H and O–H groups in total. The average molecular weight is 308 g/mol. The van der Waals surface area contributed by atoms with Gasteiger partial charge in [-0.05, 0) is 32.9 Å². The van der Waals surface area contributed by atoms with Crippen molar-refractivity contribution in [1.82, 2.24) is 9.29 Å². The summed E-state index contributed by atoms with van der Waals surface area (Å²) in [6.07, 6.45) is 3.67. The molecule has 0 saturated heterocycles. The van der Waals surface area contributed by atoms with Crippen LogP contribution in [0.4, 0.5) is 0 Å². The predicted octanol–water partition coefficient (Wildman–Crippen LogP) is 1.75. The molecule has 0 spiro atoms. The molecule has 1 aromatic heterocycles. The molecule has 1 aromatic carbocycles. The summed E-state index contributed by atoms with van der Waals surface area (Å²) in [6, 6.07) is 6.84. The van der Waals surface area contributed by atoms with E-state index in [1.807, 2.05) is 50.7 Å². The third-order valence-electron chi connectivity index (χ3n) is 3.48. The summed E-state index contributed by atoms with van der Waals surface area (Å²) in [6.45, 7) is 6.02. The SMILES string of the molecule is Cc1ccc(S(=O)(=O)N(Cc2[nH]cc[n+]2C)C(C)C)cc1. The minimum atomic E-state index is -3.51. The minimum Gasteiger partial charge on any atom is -0.246 e. The molecule has 6 heteroatoms. The quantitative estimate of drug-likeness (QED) is 0.856. The second-order valence-corrected chi connectivity index (χ2v) is 7.37. The van der Waals surface area contributed by atoms with Gasteiger partial charge in [0.2, 0.25) is 10.0 Å². The van der Waals surface area contributed by atoms with E-state index >= 15 is 0 Å². The maximum Gasteiger partial charge on any atom is 0.269 e. The van der Waals surface area contributed by atoms with E-state index in [-0.39, 0.29) is 6.04 Å². The summed E-state index contributed by atoms with van der Waals surface area (Å²) in [4.78, 5) is 3.41. The zero-order chi connectivity index (χ0) is 15.6. The van der Waals surface area contributed by atoms with Crippen molar-refractivity contribution in [1.29, 1.82) is 0 Å². The molecular weight excluding hydrogens is 286 g/mol. The van der Waals surface area contributed by atoms with Crippen LogP contribution in [0.3, 0.4) is 0 Å². The van der Waals surface area contributed by atoms with Crippen LogP contribution in [0.25, 0.3) is 0 Å². The number of hydrogen-bond donors (Lipinski definition) is 1. The Morgan fingerprint density at radius 3 is 2.33 bits per heavy atom. The molecule has 2 aromatic rings. The van der Waals surface area contributed by atoms with Crippen molar-refractivity contribution in [2.24, 2.45) is 7.05 Å². The number of imidazole rings is 1. The molecule has 0 aliphatic carbocycles. The van der Waals surface area contributed by atoms with E-state index in [0.717, 1.165) is 11.4 Å². The lowest BCUT2D eigenvalue weighted by molar-refractivity contribution is -0.678. The highest BCUT2D eigenvalue weighted by Gasteiger charge is 2.29. The van der Waals surface area contributed by atoms with Crippen LogP contribution in [0.2, 0.25) is 0 Å². The number of sulfonamides is 1. The third-order valence-corrected chi connectivity index (χ3v) is 5.52. The minimum absolute atomic E-state index is 0.125. The van der Waals surface area contributed by atoms with E-state index in [9.17, 15) is 8.42 Å². The van der Waals surface area contributed by atoms with Crippen molar-refractivity contribution >= 4 is 10.0 Å². The number of aromatic nitrogens is 2. The number of nitrogens with zero attached hydrogens (tertiary/aromatic N) is 2. The lowest BCUT2D eigenvalue weighted by atomic mass is 10.2. The van der Waals surface area contributed by atoms with Crippen molar-refractivity contribution in [3.63, 3.8) is 0 Å². The van der Waals surface area contributed by atoms with Gasteiger partial charge < -0.3 is 0 Å². The molecule has 0 amide bonds. The zero-order valence-corrected chi connectivity index (χ0v) is 13.7. The highest BCUT2D eigenvalue weighted by Crippen LogP contribution is 2.20. The molecule has 1 heterocycles. The second-order valence-electron chi connectivity index (χ2n) is 5.47. The van der Waals surface area contributed by atoms with Crippen LogP contribution in [0.15, 0.2) is 41.6 Å². The van der Waals surface area contributed by atoms with Gasteiger partial charge in [-0.3, -0.25) is 0 Å². The summed E-state index contributed by atoms with van der Waals surface area (Å²) in [5, 5.41) is 0. The summed E-state index contributed by atoms with van der Waals surface area (Å²) >= 11 is 0. The number of benzene rings is 1. The molecule has 0 radical (unpaired) electrons. The van der Waals surface area contributed by atoms with Crippen LogP contribution in [0.1, 0.15) is 25.2 Å². The number of H-pyrrole nitrogens is 1. The maximum absolute atomic E-state index is 12.8. The first-order valence-electron chi connectivity index (χ1n) is 6.93. The van der Waals surface area contributed by atoms with Gasteiger partial charge in [-0.2, -0.15) is 4.31 Å². The van der Waals surface area contributed by atoms with E-state index in [1.165, 1.54) is 4.31 Å². The Bertz CT molecular complexity index is 703. The molecule has 0 aliphatic rings. The van der Waals surface area contributed by atoms with Gasteiger partial charge in [0.25, 0.3) is 5.82 Å². The first kappa shape index (κ1) is 15.7. The molecule has 0 atom stereocenters. The predicted molar refractivity (Wildman–Crippen MR) is 81.0 cm³/mol. The number of aromatic amines is 1. The number of rotatable bonds is 5. The highest BCUT2D eigenvalue weighted by atomic mass is 32.2. The number of nitrogens with one attached hydrogen (secondary N) is 1. The molecule has 21 heavy (non-hydrogen) atoms. The van der Waals surface area contributed by atoms with Gasteiger partial charge in [-0.15, -0.1) is 0 Å². The molecule has 0 aliphatic heterocycles. The van der Waals surface area contributed by atoms with E-state index < -0.39 is 10.0 Å². The lowest BCUT2D eigenvalue weighted by Gasteiger charge is -2.24. The smallest absolute Gasteiger partial charge is 0.246 e. The highest BCUT2D eigenvalue weighted by molar-refractivity contribution is 7.89. The molecule has 0 bridgehead atoms. The van der Waals surface area contributed by atoms with E-state index in [2.05, 4.69) is 4.98 Å². The monoisotopic (exact) mass is 308 g/mol. The lowest BCUT2D eigenvalue weighted by Crippen LogP contribution is -2.41. The van der Waals surface area contributed by atoms with Crippen LogP contribution < -0.4 is 4.57 Å². The molecule has 114 valence electrons. The standard InChI is InChI=1S/C15H21N3O2S/c1-12(2)18(11-15-16-9-10-17(15)4)21(19,20)14-7-5-13(3)6-8-14/h5-10,12H,11H2,1-4H3/p+1. The Balaban J connectivity index is 2.37. The van der Waals surface area contributed by atoms with Crippen LogP contribution in [-0.4, -0.2) is 23.7 Å². The van der Waals surface area contributed by atoms with Crippen molar-refractivity contribution in [2.75, 3.05) is 0 Å². The topological polar surface area (TPSA) is 57.1 Å². The van der Waals surface area contributed by atoms with Crippen molar-refractivity contribution < 1.29 is 13.0 Å². The van der Waals surface area contributed by atoms with E-state index in [0.29, 0.717) is 11.4 Å². The Labute approximate surface area is 126 Å².